The van der Waals surface area contributed by atoms with Crippen LogP contribution in [0.25, 0.3) is 11.2 Å². The lowest BCUT2D eigenvalue weighted by atomic mass is 10.2. The van der Waals surface area contributed by atoms with Crippen LogP contribution in [0, 0.1) is 11.3 Å². The number of fused-ring (bicyclic) bond motifs is 1. The highest BCUT2D eigenvalue weighted by Gasteiger charge is 2.18. The van der Waals surface area contributed by atoms with Gasteiger partial charge in [-0.2, -0.15) is 5.26 Å². The number of nitrogens with one attached hydrogen (secondary N) is 2. The lowest BCUT2D eigenvalue weighted by Gasteiger charge is -2.11. The number of thioether (sulfide) groups is 1. The van der Waals surface area contributed by atoms with E-state index in [1.165, 1.54) is 18.0 Å². The summed E-state index contributed by atoms with van der Waals surface area (Å²) in [6, 6.07) is 10.6. The highest BCUT2D eigenvalue weighted by Crippen LogP contribution is 2.25. The molecule has 2 N–H and O–H groups in total. The van der Waals surface area contributed by atoms with Gasteiger partial charge >= 0.3 is 0 Å². The van der Waals surface area contributed by atoms with Crippen LogP contribution in [-0.2, 0) is 4.79 Å². The van der Waals surface area contributed by atoms with E-state index in [9.17, 15) is 4.79 Å². The smallest absolute Gasteiger partial charge is 0.237 e. The molecule has 3 rings (SSSR count). The van der Waals surface area contributed by atoms with Gasteiger partial charge in [0, 0.05) is 6.20 Å². The molecule has 8 heteroatoms. The third-order valence-electron chi connectivity index (χ3n) is 3.25. The van der Waals surface area contributed by atoms with Gasteiger partial charge in [-0.15, -0.1) is 0 Å². The molecule has 120 valence electrons. The van der Waals surface area contributed by atoms with Crippen LogP contribution in [0.1, 0.15) is 12.5 Å². The van der Waals surface area contributed by atoms with Crippen LogP contribution in [0.15, 0.2) is 41.7 Å². The lowest BCUT2D eigenvalue weighted by molar-refractivity contribution is -0.115. The van der Waals surface area contributed by atoms with Crippen molar-refractivity contribution in [2.24, 2.45) is 0 Å². The van der Waals surface area contributed by atoms with Crippen LogP contribution in [0.5, 0.6) is 0 Å². The molecule has 2 aromatic heterocycles. The van der Waals surface area contributed by atoms with Crippen molar-refractivity contribution in [3.05, 3.63) is 47.1 Å². The van der Waals surface area contributed by atoms with Gasteiger partial charge in [0.15, 0.2) is 10.8 Å². The van der Waals surface area contributed by atoms with E-state index in [1.807, 2.05) is 0 Å². The monoisotopic (exact) mass is 357 g/mol. The van der Waals surface area contributed by atoms with E-state index >= 15 is 0 Å². The number of H-pyrrole nitrogens is 1. The van der Waals surface area contributed by atoms with Crippen molar-refractivity contribution in [1.29, 1.82) is 5.26 Å². The molecule has 0 unspecified atom stereocenters. The zero-order chi connectivity index (χ0) is 17.1. The summed E-state index contributed by atoms with van der Waals surface area (Å²) in [5.41, 5.74) is 2.18. The number of nitriles is 1. The van der Waals surface area contributed by atoms with E-state index in [4.69, 9.17) is 16.9 Å². The van der Waals surface area contributed by atoms with Gasteiger partial charge in [0.25, 0.3) is 0 Å². The SMILES string of the molecule is C[C@H](Sc1nc2ncc(Cl)cc2[nH]1)C(=O)Nc1ccccc1C#N. The van der Waals surface area contributed by atoms with E-state index in [0.717, 1.165) is 0 Å². The summed E-state index contributed by atoms with van der Waals surface area (Å²) < 4.78 is 0. The van der Waals surface area contributed by atoms with Gasteiger partial charge < -0.3 is 10.3 Å². The maximum Gasteiger partial charge on any atom is 0.237 e. The number of anilines is 1. The summed E-state index contributed by atoms with van der Waals surface area (Å²) in [6.07, 6.45) is 1.52. The van der Waals surface area contributed by atoms with Gasteiger partial charge in [-0.3, -0.25) is 4.79 Å². The Balaban J connectivity index is 1.72. The van der Waals surface area contributed by atoms with Gasteiger partial charge in [0.1, 0.15) is 6.07 Å². The lowest BCUT2D eigenvalue weighted by Crippen LogP contribution is -2.23. The summed E-state index contributed by atoms with van der Waals surface area (Å²) in [5.74, 6) is -0.214. The van der Waals surface area contributed by atoms with E-state index in [1.54, 1.807) is 37.3 Å². The molecule has 3 aromatic rings. The van der Waals surface area contributed by atoms with Crippen molar-refractivity contribution >= 4 is 46.1 Å². The molecule has 0 aliphatic heterocycles. The average Bonchev–Trinajstić information content (AvgIpc) is 2.96. The number of halogens is 1. The number of rotatable bonds is 4. The van der Waals surface area contributed by atoms with Gasteiger partial charge in [0.2, 0.25) is 5.91 Å². The fraction of sp³-hybridized carbons (Fsp3) is 0.125. The Bertz CT molecular complexity index is 949. The van der Waals surface area contributed by atoms with Crippen LogP contribution in [-0.4, -0.2) is 26.1 Å². The summed E-state index contributed by atoms with van der Waals surface area (Å²) in [7, 11) is 0. The number of aromatic amines is 1. The molecule has 24 heavy (non-hydrogen) atoms. The number of aromatic nitrogens is 3. The van der Waals surface area contributed by atoms with Crippen LogP contribution >= 0.6 is 23.4 Å². The Morgan fingerprint density at radius 3 is 3.04 bits per heavy atom. The Hall–Kier alpha value is -2.56. The quantitative estimate of drug-likeness (QED) is 0.695. The van der Waals surface area contributed by atoms with E-state index in [0.29, 0.717) is 32.6 Å². The molecule has 0 aliphatic rings. The van der Waals surface area contributed by atoms with Crippen molar-refractivity contribution in [1.82, 2.24) is 15.0 Å². The third kappa shape index (κ3) is 3.50. The Labute approximate surface area is 147 Å². The zero-order valence-electron chi connectivity index (χ0n) is 12.6. The molecule has 6 nitrogen and oxygen atoms in total. The van der Waals surface area contributed by atoms with Crippen molar-refractivity contribution < 1.29 is 4.79 Å². The predicted octanol–water partition coefficient (Wildman–Crippen LogP) is 3.60. The molecule has 0 fully saturated rings. The number of carbonyl (C=O) groups is 1. The second-order valence-corrected chi connectivity index (χ2v) is 6.74. The van der Waals surface area contributed by atoms with Gasteiger partial charge in [-0.1, -0.05) is 35.5 Å². The summed E-state index contributed by atoms with van der Waals surface area (Å²) in [4.78, 5) is 23.9. The predicted molar refractivity (Wildman–Crippen MR) is 94.0 cm³/mol. The molecule has 0 spiro atoms. The first-order valence-corrected chi connectivity index (χ1v) is 8.30. The number of imidazole rings is 1. The summed E-state index contributed by atoms with van der Waals surface area (Å²) in [6.45, 7) is 1.77. The maximum atomic E-state index is 12.3. The van der Waals surface area contributed by atoms with Gasteiger partial charge in [-0.05, 0) is 25.1 Å². The first-order chi connectivity index (χ1) is 11.6. The fourth-order valence-corrected chi connectivity index (χ4v) is 3.02. The van der Waals surface area contributed by atoms with Crippen molar-refractivity contribution in [2.45, 2.75) is 17.3 Å². The molecule has 0 saturated carbocycles. The highest BCUT2D eigenvalue weighted by atomic mass is 35.5. The molecule has 1 atom stereocenters. The summed E-state index contributed by atoms with van der Waals surface area (Å²) >= 11 is 7.17. The standard InChI is InChI=1S/C16H12ClN5OS/c1-9(15(23)20-12-5-3-2-4-10(12)7-18)24-16-21-13-6-11(17)8-19-14(13)22-16/h2-6,8-9H,1H3,(H,20,23)(H,19,21,22)/t9-/m0/s1. The van der Waals surface area contributed by atoms with E-state index in [-0.39, 0.29) is 5.91 Å². The number of benzene rings is 1. The van der Waals surface area contributed by atoms with Crippen molar-refractivity contribution in [2.75, 3.05) is 5.32 Å². The number of para-hydroxylation sites is 1. The maximum absolute atomic E-state index is 12.3. The minimum atomic E-state index is -0.409. The van der Waals surface area contributed by atoms with Crippen molar-refractivity contribution in [3.63, 3.8) is 0 Å². The number of pyridine rings is 1. The fourth-order valence-electron chi connectivity index (χ4n) is 2.05. The second kappa shape index (κ2) is 6.91. The molecule has 0 saturated heterocycles. The van der Waals surface area contributed by atoms with Crippen LogP contribution in [0.3, 0.4) is 0 Å². The molecule has 0 aliphatic carbocycles. The zero-order valence-corrected chi connectivity index (χ0v) is 14.1. The number of amides is 1. The van der Waals surface area contributed by atoms with Crippen LogP contribution < -0.4 is 5.32 Å². The Kier molecular flexibility index (Phi) is 4.69. The molecule has 2 heterocycles. The topological polar surface area (TPSA) is 94.5 Å². The number of hydrogen-bond donors (Lipinski definition) is 2. The first kappa shape index (κ1) is 16.3. The molecule has 1 aromatic carbocycles. The highest BCUT2D eigenvalue weighted by molar-refractivity contribution is 8.00. The average molecular weight is 358 g/mol. The van der Waals surface area contributed by atoms with Crippen LogP contribution in [0.4, 0.5) is 5.69 Å². The molecule has 1 amide bonds. The number of nitrogens with zero attached hydrogens (tertiary/aromatic N) is 3. The molecule has 0 radical (unpaired) electrons. The third-order valence-corrected chi connectivity index (χ3v) is 4.44. The molecule has 0 bridgehead atoms. The van der Waals surface area contributed by atoms with E-state index < -0.39 is 5.25 Å². The number of hydrogen-bond acceptors (Lipinski definition) is 5. The molecular formula is C16H12ClN5OS. The normalized spacial score (nSPS) is 11.9. The number of carbonyl (C=O) groups excluding carboxylic acids is 1. The minimum Gasteiger partial charge on any atom is -0.331 e. The van der Waals surface area contributed by atoms with Crippen molar-refractivity contribution in [3.8, 4) is 6.07 Å². The molecular weight excluding hydrogens is 346 g/mol. The largest absolute Gasteiger partial charge is 0.331 e. The minimum absolute atomic E-state index is 0.214. The first-order valence-electron chi connectivity index (χ1n) is 7.04. The van der Waals surface area contributed by atoms with Gasteiger partial charge in [-0.25, -0.2) is 9.97 Å². The Morgan fingerprint density at radius 2 is 2.25 bits per heavy atom. The second-order valence-electron chi connectivity index (χ2n) is 4.97. The summed E-state index contributed by atoms with van der Waals surface area (Å²) in [5, 5.41) is 12.5. The Morgan fingerprint density at radius 1 is 1.46 bits per heavy atom. The van der Waals surface area contributed by atoms with Crippen LogP contribution in [0.2, 0.25) is 5.02 Å². The van der Waals surface area contributed by atoms with E-state index in [2.05, 4.69) is 26.3 Å². The van der Waals surface area contributed by atoms with Gasteiger partial charge in [0.05, 0.1) is 27.0 Å².